The maximum absolute atomic E-state index is 14.6. The second-order valence-electron chi connectivity index (χ2n) is 6.81. The number of amides is 2. The summed E-state index contributed by atoms with van der Waals surface area (Å²) in [7, 11) is 0. The van der Waals surface area contributed by atoms with E-state index in [4.69, 9.17) is 23.2 Å². The number of nitrogens with zero attached hydrogens (tertiary/aromatic N) is 2. The first-order valence-electron chi connectivity index (χ1n) is 9.53. The maximum atomic E-state index is 14.6. The molecule has 7 nitrogen and oxygen atoms in total. The molecule has 0 saturated heterocycles. The number of benzene rings is 2. The number of aliphatic imine (C=N–C) groups is 1. The Morgan fingerprint density at radius 3 is 2.41 bits per heavy atom. The van der Waals surface area contributed by atoms with Crippen LogP contribution in [0.1, 0.15) is 26.3 Å². The predicted octanol–water partition coefficient (Wildman–Crippen LogP) is 4.38. The zero-order chi connectivity index (χ0) is 22.7. The fraction of sp³-hybridized carbons (Fsp3) is 0.0909. The first-order valence-corrected chi connectivity index (χ1v) is 10.3. The topological polar surface area (TPSA) is 95.5 Å². The molecule has 32 heavy (non-hydrogen) atoms. The van der Waals surface area contributed by atoms with E-state index >= 15 is 0 Å². The second kappa shape index (κ2) is 9.33. The average Bonchev–Trinajstić information content (AvgIpc) is 3.31. The van der Waals surface area contributed by atoms with Gasteiger partial charge in [0.05, 0.1) is 28.4 Å². The van der Waals surface area contributed by atoms with Crippen LogP contribution < -0.4 is 16.0 Å². The first-order chi connectivity index (χ1) is 15.4. The summed E-state index contributed by atoms with van der Waals surface area (Å²) in [5.41, 5.74) is 0.631. The van der Waals surface area contributed by atoms with Crippen LogP contribution >= 0.6 is 23.2 Å². The molecule has 0 atom stereocenters. The number of rotatable bonds is 5. The molecule has 162 valence electrons. The van der Waals surface area contributed by atoms with E-state index in [2.05, 4.69) is 25.9 Å². The van der Waals surface area contributed by atoms with Crippen LogP contribution in [0.5, 0.6) is 0 Å². The van der Waals surface area contributed by atoms with Gasteiger partial charge in [0, 0.05) is 23.3 Å². The van der Waals surface area contributed by atoms with Gasteiger partial charge in [-0.15, -0.1) is 0 Å². The molecule has 0 bridgehead atoms. The molecule has 10 heteroatoms. The van der Waals surface area contributed by atoms with Crippen LogP contribution in [0.4, 0.5) is 15.9 Å². The van der Waals surface area contributed by atoms with Crippen molar-refractivity contribution < 1.29 is 14.0 Å². The van der Waals surface area contributed by atoms with Crippen molar-refractivity contribution >= 4 is 52.4 Å². The highest BCUT2D eigenvalue weighted by Crippen LogP contribution is 2.23. The number of hydrogen-bond donors (Lipinski definition) is 3. The fourth-order valence-corrected chi connectivity index (χ4v) is 3.36. The van der Waals surface area contributed by atoms with Crippen molar-refractivity contribution in [3.8, 4) is 0 Å². The summed E-state index contributed by atoms with van der Waals surface area (Å²) in [4.78, 5) is 33.7. The van der Waals surface area contributed by atoms with Crippen LogP contribution in [-0.2, 0) is 0 Å². The number of pyridine rings is 1. The standard InChI is InChI=1S/C22H16Cl2FN5O2/c23-13-2-5-18(16(10-13)22(32)30-19-6-3-14(24)11-28-19)29-21(31)15-4-1-12(9-17(15)25)20-26-7-8-27-20/h1-6,9-11H,7-8H2,(H,26,27)(H,29,31)(H,28,30,32). The highest BCUT2D eigenvalue weighted by atomic mass is 35.5. The van der Waals surface area contributed by atoms with E-state index in [1.54, 1.807) is 12.1 Å². The molecular weight excluding hydrogens is 456 g/mol. The van der Waals surface area contributed by atoms with Gasteiger partial charge in [0.15, 0.2) is 0 Å². The minimum absolute atomic E-state index is 0.0872. The Balaban J connectivity index is 1.55. The van der Waals surface area contributed by atoms with Crippen LogP contribution in [0, 0.1) is 5.82 Å². The number of aromatic nitrogens is 1. The van der Waals surface area contributed by atoms with Crippen molar-refractivity contribution in [2.45, 2.75) is 0 Å². The second-order valence-corrected chi connectivity index (χ2v) is 7.68. The van der Waals surface area contributed by atoms with Gasteiger partial charge in [-0.05, 0) is 42.5 Å². The summed E-state index contributed by atoms with van der Waals surface area (Å²) >= 11 is 11.8. The normalized spacial score (nSPS) is 12.7. The molecule has 0 saturated carbocycles. The lowest BCUT2D eigenvalue weighted by molar-refractivity contribution is 0.102. The largest absolute Gasteiger partial charge is 0.368 e. The van der Waals surface area contributed by atoms with Crippen molar-refractivity contribution in [2.75, 3.05) is 23.7 Å². The molecule has 3 aromatic rings. The Bertz CT molecular complexity index is 1230. The van der Waals surface area contributed by atoms with Gasteiger partial charge in [-0.2, -0.15) is 0 Å². The number of nitrogens with one attached hydrogen (secondary N) is 3. The van der Waals surface area contributed by atoms with Crippen LogP contribution in [0.3, 0.4) is 0 Å². The van der Waals surface area contributed by atoms with Gasteiger partial charge in [0.25, 0.3) is 11.8 Å². The lowest BCUT2D eigenvalue weighted by Gasteiger charge is -2.13. The monoisotopic (exact) mass is 471 g/mol. The molecule has 3 N–H and O–H groups in total. The van der Waals surface area contributed by atoms with Crippen molar-refractivity contribution in [2.24, 2.45) is 4.99 Å². The van der Waals surface area contributed by atoms with E-state index in [1.807, 2.05) is 0 Å². The quantitative estimate of drug-likeness (QED) is 0.514. The van der Waals surface area contributed by atoms with Gasteiger partial charge < -0.3 is 16.0 Å². The van der Waals surface area contributed by atoms with Crippen molar-refractivity contribution in [1.82, 2.24) is 10.3 Å². The fourth-order valence-electron chi connectivity index (χ4n) is 3.07. The van der Waals surface area contributed by atoms with Gasteiger partial charge in [0.2, 0.25) is 0 Å². The molecule has 2 heterocycles. The van der Waals surface area contributed by atoms with Gasteiger partial charge in [-0.1, -0.05) is 29.3 Å². The van der Waals surface area contributed by atoms with Crippen molar-refractivity contribution in [1.29, 1.82) is 0 Å². The molecular formula is C22H16Cl2FN5O2. The molecule has 0 unspecified atom stereocenters. The zero-order valence-electron chi connectivity index (χ0n) is 16.5. The van der Waals surface area contributed by atoms with E-state index in [0.29, 0.717) is 29.5 Å². The minimum Gasteiger partial charge on any atom is -0.368 e. The lowest BCUT2D eigenvalue weighted by Crippen LogP contribution is -2.21. The molecule has 0 fully saturated rings. The third-order valence-corrected chi connectivity index (χ3v) is 5.06. The Hall–Kier alpha value is -3.49. The first kappa shape index (κ1) is 21.7. The van der Waals surface area contributed by atoms with Gasteiger partial charge in [-0.25, -0.2) is 9.37 Å². The van der Waals surface area contributed by atoms with E-state index in [0.717, 1.165) is 0 Å². The number of carbonyl (C=O) groups is 2. The molecule has 1 aliphatic rings. The molecule has 2 amide bonds. The zero-order valence-corrected chi connectivity index (χ0v) is 18.0. The third-order valence-electron chi connectivity index (χ3n) is 4.60. The highest BCUT2D eigenvalue weighted by molar-refractivity contribution is 6.31. The number of amidine groups is 1. The lowest BCUT2D eigenvalue weighted by atomic mass is 10.1. The summed E-state index contributed by atoms with van der Waals surface area (Å²) in [6, 6.07) is 11.7. The van der Waals surface area contributed by atoms with E-state index in [1.165, 1.54) is 42.6 Å². The molecule has 1 aromatic heterocycles. The third kappa shape index (κ3) is 4.87. The molecule has 0 aliphatic carbocycles. The highest BCUT2D eigenvalue weighted by Gasteiger charge is 2.19. The number of anilines is 2. The van der Waals surface area contributed by atoms with E-state index < -0.39 is 17.6 Å². The Morgan fingerprint density at radius 2 is 1.72 bits per heavy atom. The molecule has 0 spiro atoms. The molecule has 1 aliphatic heterocycles. The van der Waals surface area contributed by atoms with Crippen LogP contribution in [0.2, 0.25) is 10.0 Å². The number of halogens is 3. The van der Waals surface area contributed by atoms with Crippen LogP contribution in [-0.4, -0.2) is 35.7 Å². The number of carbonyl (C=O) groups excluding carboxylic acids is 2. The van der Waals surface area contributed by atoms with Crippen molar-refractivity contribution in [3.05, 3.63) is 87.3 Å². The summed E-state index contributed by atoms with van der Waals surface area (Å²) in [6.07, 6.45) is 1.39. The average molecular weight is 472 g/mol. The Labute approximate surface area is 192 Å². The summed E-state index contributed by atoms with van der Waals surface area (Å²) in [6.45, 7) is 1.30. The summed E-state index contributed by atoms with van der Waals surface area (Å²) in [5, 5.41) is 8.94. The molecule has 2 aromatic carbocycles. The van der Waals surface area contributed by atoms with Gasteiger partial charge >= 0.3 is 0 Å². The molecule has 0 radical (unpaired) electrons. The van der Waals surface area contributed by atoms with Crippen molar-refractivity contribution in [3.63, 3.8) is 0 Å². The van der Waals surface area contributed by atoms with Crippen LogP contribution in [0.15, 0.2) is 59.7 Å². The van der Waals surface area contributed by atoms with Gasteiger partial charge in [0.1, 0.15) is 17.5 Å². The van der Waals surface area contributed by atoms with Gasteiger partial charge in [-0.3, -0.25) is 14.6 Å². The molecule has 4 rings (SSSR count). The van der Waals surface area contributed by atoms with Crippen LogP contribution in [0.25, 0.3) is 0 Å². The van der Waals surface area contributed by atoms with E-state index in [-0.39, 0.29) is 27.7 Å². The summed E-state index contributed by atoms with van der Waals surface area (Å²) in [5.74, 6) is -1.12. The smallest absolute Gasteiger partial charge is 0.258 e. The Kier molecular flexibility index (Phi) is 6.34. The van der Waals surface area contributed by atoms with E-state index in [9.17, 15) is 14.0 Å². The SMILES string of the molecule is O=C(Nc1ccc(Cl)cc1C(=O)Nc1ccc(Cl)cn1)c1ccc(C2=NCCN2)cc1F. The Morgan fingerprint density at radius 1 is 0.938 bits per heavy atom. The summed E-state index contributed by atoms with van der Waals surface area (Å²) < 4.78 is 14.6. The number of hydrogen-bond acceptors (Lipinski definition) is 5. The maximum Gasteiger partial charge on any atom is 0.258 e. The predicted molar refractivity (Wildman–Crippen MR) is 122 cm³/mol. The minimum atomic E-state index is -0.712.